The molecular formula is C15H19NO4. The lowest BCUT2D eigenvalue weighted by atomic mass is 10.2. The molecule has 2 rings (SSSR count). The average molecular weight is 277 g/mol. The molecule has 0 aromatic heterocycles. The molecule has 1 amide bonds. The number of carbonyl (C=O) groups excluding carboxylic acids is 1. The fourth-order valence-electron chi connectivity index (χ4n) is 2.44. The van der Waals surface area contributed by atoms with Gasteiger partial charge >= 0.3 is 5.97 Å². The van der Waals surface area contributed by atoms with Crippen LogP contribution in [0.15, 0.2) is 30.3 Å². The Morgan fingerprint density at radius 3 is 2.70 bits per heavy atom. The van der Waals surface area contributed by atoms with Crippen LogP contribution < -0.4 is 4.74 Å². The van der Waals surface area contributed by atoms with E-state index >= 15 is 0 Å². The lowest BCUT2D eigenvalue weighted by Crippen LogP contribution is -2.47. The van der Waals surface area contributed by atoms with E-state index < -0.39 is 18.1 Å². The predicted molar refractivity (Wildman–Crippen MR) is 73.5 cm³/mol. The number of para-hydroxylation sites is 1. The topological polar surface area (TPSA) is 66.8 Å². The molecule has 1 saturated heterocycles. The van der Waals surface area contributed by atoms with Gasteiger partial charge in [0.25, 0.3) is 5.91 Å². The molecule has 5 heteroatoms. The second kappa shape index (κ2) is 6.41. The molecule has 108 valence electrons. The number of likely N-dealkylation sites (tertiary alicyclic amines) is 1. The molecule has 5 nitrogen and oxygen atoms in total. The van der Waals surface area contributed by atoms with Crippen molar-refractivity contribution in [2.24, 2.45) is 0 Å². The molecule has 0 saturated carbocycles. The van der Waals surface area contributed by atoms with E-state index in [1.54, 1.807) is 12.1 Å². The van der Waals surface area contributed by atoms with Crippen molar-refractivity contribution < 1.29 is 19.4 Å². The quantitative estimate of drug-likeness (QED) is 0.893. The fraction of sp³-hybridized carbons (Fsp3) is 0.467. The van der Waals surface area contributed by atoms with Crippen LogP contribution in [0.4, 0.5) is 0 Å². The van der Waals surface area contributed by atoms with Crippen molar-refractivity contribution >= 4 is 11.9 Å². The van der Waals surface area contributed by atoms with Crippen LogP contribution in [0, 0.1) is 0 Å². The highest BCUT2D eigenvalue weighted by molar-refractivity contribution is 5.87. The van der Waals surface area contributed by atoms with Crippen LogP contribution in [0.5, 0.6) is 5.75 Å². The SMILES string of the molecule is CCC(Oc1ccccc1)C(=O)N1CCC[C@H]1C(=O)O. The third-order valence-electron chi connectivity index (χ3n) is 3.49. The van der Waals surface area contributed by atoms with Crippen molar-refractivity contribution in [2.45, 2.75) is 38.3 Å². The van der Waals surface area contributed by atoms with Crippen LogP contribution in [-0.2, 0) is 9.59 Å². The van der Waals surface area contributed by atoms with Gasteiger partial charge in [0.2, 0.25) is 0 Å². The standard InChI is InChI=1S/C15H19NO4/c1-2-13(20-11-7-4-3-5-8-11)14(17)16-10-6-9-12(16)15(18)19/h3-5,7-8,12-13H,2,6,9-10H2,1H3,(H,18,19)/t12-,13?/m0/s1. The molecule has 0 bridgehead atoms. The second-order valence-corrected chi connectivity index (χ2v) is 4.86. The van der Waals surface area contributed by atoms with Gasteiger partial charge in [0, 0.05) is 6.54 Å². The van der Waals surface area contributed by atoms with E-state index in [0.717, 1.165) is 6.42 Å². The van der Waals surface area contributed by atoms with Crippen LogP contribution in [0.25, 0.3) is 0 Å². The third-order valence-corrected chi connectivity index (χ3v) is 3.49. The molecular weight excluding hydrogens is 258 g/mol. The number of aliphatic carboxylic acids is 1. The molecule has 0 radical (unpaired) electrons. The Hall–Kier alpha value is -2.04. The Morgan fingerprint density at radius 1 is 1.40 bits per heavy atom. The van der Waals surface area contributed by atoms with E-state index in [4.69, 9.17) is 9.84 Å². The summed E-state index contributed by atoms with van der Waals surface area (Å²) in [6.45, 7) is 2.35. The van der Waals surface area contributed by atoms with Gasteiger partial charge in [-0.05, 0) is 31.4 Å². The first kappa shape index (κ1) is 14.4. The van der Waals surface area contributed by atoms with Crippen molar-refractivity contribution in [3.8, 4) is 5.75 Å². The molecule has 1 aromatic rings. The van der Waals surface area contributed by atoms with E-state index in [2.05, 4.69) is 0 Å². The van der Waals surface area contributed by atoms with Gasteiger partial charge in [0.1, 0.15) is 11.8 Å². The molecule has 0 aliphatic carbocycles. The van der Waals surface area contributed by atoms with Crippen LogP contribution in [0.1, 0.15) is 26.2 Å². The highest BCUT2D eigenvalue weighted by Crippen LogP contribution is 2.21. The van der Waals surface area contributed by atoms with Gasteiger partial charge in [0.05, 0.1) is 0 Å². The number of ether oxygens (including phenoxy) is 1. The minimum Gasteiger partial charge on any atom is -0.481 e. The molecule has 1 heterocycles. The Labute approximate surface area is 118 Å². The number of hydrogen-bond acceptors (Lipinski definition) is 3. The highest BCUT2D eigenvalue weighted by atomic mass is 16.5. The van der Waals surface area contributed by atoms with Crippen molar-refractivity contribution in [3.05, 3.63) is 30.3 Å². The van der Waals surface area contributed by atoms with Gasteiger partial charge in [-0.25, -0.2) is 4.79 Å². The van der Waals surface area contributed by atoms with Crippen LogP contribution in [-0.4, -0.2) is 40.6 Å². The number of carboxylic acids is 1. The summed E-state index contributed by atoms with van der Waals surface area (Å²) in [5.74, 6) is -0.551. The van der Waals surface area contributed by atoms with E-state index in [9.17, 15) is 9.59 Å². The Kier molecular flexibility index (Phi) is 4.61. The molecule has 20 heavy (non-hydrogen) atoms. The minimum absolute atomic E-state index is 0.235. The number of nitrogens with zero attached hydrogens (tertiary/aromatic N) is 1. The maximum Gasteiger partial charge on any atom is 0.326 e. The lowest BCUT2D eigenvalue weighted by Gasteiger charge is -2.26. The second-order valence-electron chi connectivity index (χ2n) is 4.86. The molecule has 1 aliphatic rings. The largest absolute Gasteiger partial charge is 0.481 e. The molecule has 1 aliphatic heterocycles. The zero-order valence-electron chi connectivity index (χ0n) is 11.5. The molecule has 2 atom stereocenters. The zero-order chi connectivity index (χ0) is 14.5. The summed E-state index contributed by atoms with van der Waals surface area (Å²) >= 11 is 0. The summed E-state index contributed by atoms with van der Waals surface area (Å²) in [5.41, 5.74) is 0. The van der Waals surface area contributed by atoms with Crippen molar-refractivity contribution in [1.82, 2.24) is 4.90 Å². The van der Waals surface area contributed by atoms with E-state index in [1.165, 1.54) is 4.90 Å². The minimum atomic E-state index is -0.939. The fourth-order valence-corrected chi connectivity index (χ4v) is 2.44. The number of amides is 1. The molecule has 1 N–H and O–H groups in total. The highest BCUT2D eigenvalue weighted by Gasteiger charge is 2.37. The van der Waals surface area contributed by atoms with Gasteiger partial charge in [-0.1, -0.05) is 25.1 Å². The number of rotatable bonds is 5. The van der Waals surface area contributed by atoms with Crippen LogP contribution >= 0.6 is 0 Å². The summed E-state index contributed by atoms with van der Waals surface area (Å²) < 4.78 is 5.68. The molecule has 1 unspecified atom stereocenters. The lowest BCUT2D eigenvalue weighted by molar-refractivity contribution is -0.151. The normalized spacial score (nSPS) is 19.6. The Balaban J connectivity index is 2.07. The summed E-state index contributed by atoms with van der Waals surface area (Å²) in [6.07, 6.45) is 1.13. The van der Waals surface area contributed by atoms with E-state index in [1.807, 2.05) is 25.1 Å². The van der Waals surface area contributed by atoms with Gasteiger partial charge in [-0.15, -0.1) is 0 Å². The van der Waals surface area contributed by atoms with Crippen molar-refractivity contribution in [3.63, 3.8) is 0 Å². The summed E-state index contributed by atoms with van der Waals surface area (Å²) in [6, 6.07) is 8.40. The smallest absolute Gasteiger partial charge is 0.326 e. The average Bonchev–Trinajstić information content (AvgIpc) is 2.94. The number of carboxylic acid groups (broad SMARTS) is 1. The number of benzene rings is 1. The summed E-state index contributed by atoms with van der Waals surface area (Å²) in [4.78, 5) is 25.0. The van der Waals surface area contributed by atoms with Crippen LogP contribution in [0.3, 0.4) is 0 Å². The molecule has 1 aromatic carbocycles. The first-order valence-electron chi connectivity index (χ1n) is 6.88. The van der Waals surface area contributed by atoms with Gasteiger partial charge in [0.15, 0.2) is 6.10 Å². The predicted octanol–water partition coefficient (Wildman–Crippen LogP) is 1.92. The Bertz CT molecular complexity index is 474. The van der Waals surface area contributed by atoms with E-state index in [-0.39, 0.29) is 5.91 Å². The first-order chi connectivity index (χ1) is 9.63. The molecule has 1 fully saturated rings. The first-order valence-corrected chi connectivity index (χ1v) is 6.88. The number of carbonyl (C=O) groups is 2. The monoisotopic (exact) mass is 277 g/mol. The summed E-state index contributed by atoms with van der Waals surface area (Å²) in [5, 5.41) is 9.14. The van der Waals surface area contributed by atoms with E-state index in [0.29, 0.717) is 25.1 Å². The maximum absolute atomic E-state index is 12.4. The van der Waals surface area contributed by atoms with Crippen molar-refractivity contribution in [2.75, 3.05) is 6.54 Å². The summed E-state index contributed by atoms with van der Waals surface area (Å²) in [7, 11) is 0. The maximum atomic E-state index is 12.4. The van der Waals surface area contributed by atoms with Gasteiger partial charge < -0.3 is 14.7 Å². The van der Waals surface area contributed by atoms with Gasteiger partial charge in [-0.3, -0.25) is 4.79 Å². The Morgan fingerprint density at radius 2 is 2.10 bits per heavy atom. The van der Waals surface area contributed by atoms with Gasteiger partial charge in [-0.2, -0.15) is 0 Å². The third kappa shape index (κ3) is 3.10. The molecule has 0 spiro atoms. The van der Waals surface area contributed by atoms with Crippen molar-refractivity contribution in [1.29, 1.82) is 0 Å². The zero-order valence-corrected chi connectivity index (χ0v) is 11.5. The van der Waals surface area contributed by atoms with Crippen LogP contribution in [0.2, 0.25) is 0 Å². The number of hydrogen-bond donors (Lipinski definition) is 1.